The van der Waals surface area contributed by atoms with Crippen molar-refractivity contribution in [2.24, 2.45) is 0 Å². The molecule has 0 aliphatic heterocycles. The minimum absolute atomic E-state index is 0.518. The summed E-state index contributed by atoms with van der Waals surface area (Å²) in [4.78, 5) is 0. The first-order chi connectivity index (χ1) is 9.54. The summed E-state index contributed by atoms with van der Waals surface area (Å²) in [6.07, 6.45) is -0.826. The predicted molar refractivity (Wildman–Crippen MR) is 84.2 cm³/mol. The molecular weight excluding hydrogens is 340 g/mol. The van der Waals surface area contributed by atoms with Crippen LogP contribution in [0.3, 0.4) is 0 Å². The van der Waals surface area contributed by atoms with E-state index < -0.39 is 6.10 Å². The van der Waals surface area contributed by atoms with Crippen LogP contribution in [0.4, 0.5) is 0 Å². The highest BCUT2D eigenvalue weighted by Crippen LogP contribution is 2.32. The van der Waals surface area contributed by atoms with Crippen molar-refractivity contribution < 1.29 is 9.52 Å². The summed E-state index contributed by atoms with van der Waals surface area (Å²) in [5.74, 6) is 0.518. The fourth-order valence-corrected chi connectivity index (χ4v) is 2.60. The van der Waals surface area contributed by atoms with Crippen molar-refractivity contribution in [3.63, 3.8) is 0 Å². The first-order valence-electron chi connectivity index (χ1n) is 6.18. The number of halogens is 2. The van der Waals surface area contributed by atoms with E-state index in [1.165, 1.54) is 0 Å². The maximum Gasteiger partial charge on any atom is 0.138 e. The standard InChI is InChI=1S/C16H12BrClO2/c1-9-2-5-14-11(6-9)8-15(20-14)16(19)10-3-4-12(17)13(18)7-10/h2-8,16,19H,1H3. The molecule has 0 bridgehead atoms. The lowest BCUT2D eigenvalue weighted by Gasteiger charge is -2.08. The normalized spacial score (nSPS) is 12.8. The molecule has 1 heterocycles. The summed E-state index contributed by atoms with van der Waals surface area (Å²) in [6, 6.07) is 13.2. The Bertz CT molecular complexity index is 779. The van der Waals surface area contributed by atoms with Crippen LogP contribution in [-0.4, -0.2) is 5.11 Å². The van der Waals surface area contributed by atoms with Crippen LogP contribution in [0.2, 0.25) is 5.02 Å². The number of hydrogen-bond donors (Lipinski definition) is 1. The number of hydrogen-bond acceptors (Lipinski definition) is 2. The lowest BCUT2D eigenvalue weighted by Crippen LogP contribution is -1.97. The summed E-state index contributed by atoms with van der Waals surface area (Å²) >= 11 is 9.39. The number of rotatable bonds is 2. The molecule has 1 atom stereocenters. The molecule has 0 aliphatic rings. The minimum atomic E-state index is -0.826. The molecule has 2 nitrogen and oxygen atoms in total. The molecule has 0 saturated carbocycles. The van der Waals surface area contributed by atoms with E-state index in [9.17, 15) is 5.11 Å². The van der Waals surface area contributed by atoms with Gasteiger partial charge in [-0.3, -0.25) is 0 Å². The maximum absolute atomic E-state index is 10.4. The van der Waals surface area contributed by atoms with Gasteiger partial charge in [0.25, 0.3) is 0 Å². The van der Waals surface area contributed by atoms with E-state index in [4.69, 9.17) is 16.0 Å². The lowest BCUT2D eigenvalue weighted by molar-refractivity contribution is 0.192. The summed E-state index contributed by atoms with van der Waals surface area (Å²) < 4.78 is 6.51. The Morgan fingerprint density at radius 3 is 2.70 bits per heavy atom. The van der Waals surface area contributed by atoms with Gasteiger partial charge in [0, 0.05) is 9.86 Å². The second-order valence-corrected chi connectivity index (χ2v) is 6.03. The van der Waals surface area contributed by atoms with Crippen LogP contribution in [0, 0.1) is 6.92 Å². The molecule has 2 aromatic carbocycles. The third-order valence-electron chi connectivity index (χ3n) is 3.22. The maximum atomic E-state index is 10.4. The Kier molecular flexibility index (Phi) is 3.59. The number of benzene rings is 2. The fraction of sp³-hybridized carbons (Fsp3) is 0.125. The Morgan fingerprint density at radius 1 is 1.15 bits per heavy atom. The number of aliphatic hydroxyl groups excluding tert-OH is 1. The van der Waals surface area contributed by atoms with Gasteiger partial charge in [0.2, 0.25) is 0 Å². The summed E-state index contributed by atoms with van der Waals surface area (Å²) in [7, 11) is 0. The third kappa shape index (κ3) is 2.49. The van der Waals surface area contributed by atoms with Crippen molar-refractivity contribution in [3.05, 3.63) is 68.8 Å². The van der Waals surface area contributed by atoms with E-state index in [1.807, 2.05) is 43.3 Å². The van der Waals surface area contributed by atoms with Crippen LogP contribution in [0.1, 0.15) is 23.0 Å². The van der Waals surface area contributed by atoms with Gasteiger partial charge in [0.15, 0.2) is 0 Å². The highest BCUT2D eigenvalue weighted by atomic mass is 79.9. The largest absolute Gasteiger partial charge is 0.458 e. The Balaban J connectivity index is 2.02. The van der Waals surface area contributed by atoms with Crippen LogP contribution >= 0.6 is 27.5 Å². The van der Waals surface area contributed by atoms with Gasteiger partial charge in [-0.2, -0.15) is 0 Å². The molecular formula is C16H12BrClO2. The lowest BCUT2D eigenvalue weighted by atomic mass is 10.1. The molecule has 0 aliphatic carbocycles. The van der Waals surface area contributed by atoms with Gasteiger partial charge < -0.3 is 9.52 Å². The van der Waals surface area contributed by atoms with Crippen molar-refractivity contribution in [1.82, 2.24) is 0 Å². The summed E-state index contributed by atoms with van der Waals surface area (Å²) in [6.45, 7) is 2.02. The molecule has 3 rings (SSSR count). The number of aryl methyl sites for hydroxylation is 1. The van der Waals surface area contributed by atoms with Gasteiger partial charge in [-0.25, -0.2) is 0 Å². The van der Waals surface area contributed by atoms with E-state index in [1.54, 1.807) is 6.07 Å². The van der Waals surface area contributed by atoms with Crippen molar-refractivity contribution >= 4 is 38.5 Å². The molecule has 0 saturated heterocycles. The van der Waals surface area contributed by atoms with Crippen molar-refractivity contribution in [2.45, 2.75) is 13.0 Å². The van der Waals surface area contributed by atoms with Gasteiger partial charge >= 0.3 is 0 Å². The Labute approximate surface area is 130 Å². The molecule has 0 radical (unpaired) electrons. The highest BCUT2D eigenvalue weighted by molar-refractivity contribution is 9.10. The molecule has 0 spiro atoms. The number of furan rings is 1. The number of fused-ring (bicyclic) bond motifs is 1. The topological polar surface area (TPSA) is 33.4 Å². The van der Waals surface area contributed by atoms with E-state index >= 15 is 0 Å². The van der Waals surface area contributed by atoms with E-state index in [0.29, 0.717) is 16.3 Å². The van der Waals surface area contributed by atoms with Crippen molar-refractivity contribution in [1.29, 1.82) is 0 Å². The molecule has 20 heavy (non-hydrogen) atoms. The van der Waals surface area contributed by atoms with Crippen LogP contribution < -0.4 is 0 Å². The van der Waals surface area contributed by atoms with Gasteiger partial charge in [0.05, 0.1) is 5.02 Å². The molecule has 3 aromatic rings. The van der Waals surface area contributed by atoms with Crippen LogP contribution in [0.5, 0.6) is 0 Å². The molecule has 1 aromatic heterocycles. The Morgan fingerprint density at radius 2 is 1.95 bits per heavy atom. The molecule has 1 unspecified atom stereocenters. The number of aliphatic hydroxyl groups is 1. The zero-order valence-corrected chi connectivity index (χ0v) is 13.1. The average Bonchev–Trinajstić information content (AvgIpc) is 2.84. The zero-order chi connectivity index (χ0) is 14.3. The monoisotopic (exact) mass is 350 g/mol. The highest BCUT2D eigenvalue weighted by Gasteiger charge is 2.16. The first-order valence-corrected chi connectivity index (χ1v) is 7.35. The molecule has 4 heteroatoms. The quantitative estimate of drug-likeness (QED) is 0.685. The van der Waals surface area contributed by atoms with Crippen LogP contribution in [0.25, 0.3) is 11.0 Å². The molecule has 102 valence electrons. The SMILES string of the molecule is Cc1ccc2oc(C(O)c3ccc(Br)c(Cl)c3)cc2c1. The summed E-state index contributed by atoms with van der Waals surface area (Å²) in [5.41, 5.74) is 2.63. The first kappa shape index (κ1) is 13.7. The van der Waals surface area contributed by atoms with Gasteiger partial charge in [-0.15, -0.1) is 0 Å². The van der Waals surface area contributed by atoms with Crippen molar-refractivity contribution in [3.8, 4) is 0 Å². The summed E-state index contributed by atoms with van der Waals surface area (Å²) in [5, 5.41) is 12.0. The van der Waals surface area contributed by atoms with Gasteiger partial charge in [-0.05, 0) is 58.7 Å². The molecule has 0 fully saturated rings. The second kappa shape index (κ2) is 5.24. The predicted octanol–water partition coefficient (Wildman–Crippen LogP) is 5.24. The zero-order valence-electron chi connectivity index (χ0n) is 10.7. The van der Waals surface area contributed by atoms with E-state index in [0.717, 1.165) is 21.0 Å². The smallest absolute Gasteiger partial charge is 0.138 e. The van der Waals surface area contributed by atoms with Gasteiger partial charge in [0.1, 0.15) is 17.4 Å². The van der Waals surface area contributed by atoms with Gasteiger partial charge in [-0.1, -0.05) is 29.3 Å². The van der Waals surface area contributed by atoms with Crippen LogP contribution in [-0.2, 0) is 0 Å². The average molecular weight is 352 g/mol. The molecule has 0 amide bonds. The second-order valence-electron chi connectivity index (χ2n) is 4.77. The molecule has 1 N–H and O–H groups in total. The van der Waals surface area contributed by atoms with Crippen molar-refractivity contribution in [2.75, 3.05) is 0 Å². The Hall–Kier alpha value is -1.29. The minimum Gasteiger partial charge on any atom is -0.458 e. The third-order valence-corrected chi connectivity index (χ3v) is 4.45. The van der Waals surface area contributed by atoms with E-state index in [2.05, 4.69) is 15.9 Å². The fourth-order valence-electron chi connectivity index (χ4n) is 2.16. The van der Waals surface area contributed by atoms with Crippen LogP contribution in [0.15, 0.2) is 51.4 Å². The van der Waals surface area contributed by atoms with E-state index in [-0.39, 0.29) is 0 Å².